The van der Waals surface area contributed by atoms with E-state index in [1.165, 1.54) is 12.1 Å². The van der Waals surface area contributed by atoms with Crippen LogP contribution in [0, 0.1) is 16.7 Å². The van der Waals surface area contributed by atoms with E-state index in [0.717, 1.165) is 30.5 Å². The van der Waals surface area contributed by atoms with Crippen molar-refractivity contribution in [1.82, 2.24) is 5.32 Å². The highest BCUT2D eigenvalue weighted by molar-refractivity contribution is 6.00. The molecule has 9 heteroatoms. The van der Waals surface area contributed by atoms with Crippen LogP contribution in [0.15, 0.2) is 59.7 Å². The molecule has 0 radical (unpaired) electrons. The summed E-state index contributed by atoms with van der Waals surface area (Å²) < 4.78 is 44.7. The van der Waals surface area contributed by atoms with Gasteiger partial charge in [0.2, 0.25) is 0 Å². The van der Waals surface area contributed by atoms with Crippen molar-refractivity contribution in [3.8, 4) is 6.07 Å². The summed E-state index contributed by atoms with van der Waals surface area (Å²) in [6.07, 6.45) is -1.94. The molecule has 2 amide bonds. The summed E-state index contributed by atoms with van der Waals surface area (Å²) in [5.41, 5.74) is 1.29. The molecule has 1 unspecified atom stereocenters. The first-order chi connectivity index (χ1) is 17.1. The molecule has 2 aliphatic rings. The van der Waals surface area contributed by atoms with E-state index in [-0.39, 0.29) is 16.9 Å². The summed E-state index contributed by atoms with van der Waals surface area (Å²) in [5, 5.41) is 14.4. The number of anilines is 1. The van der Waals surface area contributed by atoms with E-state index in [9.17, 15) is 22.8 Å². The summed E-state index contributed by atoms with van der Waals surface area (Å²) in [5.74, 6) is -0.0746. The zero-order valence-electron chi connectivity index (χ0n) is 19.7. The Kier molecular flexibility index (Phi) is 7.18. The molecule has 2 aromatic rings. The van der Waals surface area contributed by atoms with Crippen molar-refractivity contribution in [3.05, 3.63) is 76.4 Å². The van der Waals surface area contributed by atoms with Crippen LogP contribution in [0.25, 0.3) is 0 Å². The van der Waals surface area contributed by atoms with Crippen molar-refractivity contribution in [2.75, 3.05) is 18.5 Å². The molecule has 6 nitrogen and oxygen atoms in total. The fraction of sp³-hybridized carbons (Fsp3) is 0.370. The van der Waals surface area contributed by atoms with Gasteiger partial charge in [-0.1, -0.05) is 23.8 Å². The fourth-order valence-electron chi connectivity index (χ4n) is 5.10. The van der Waals surface area contributed by atoms with Gasteiger partial charge in [-0.25, -0.2) is 4.79 Å². The summed E-state index contributed by atoms with van der Waals surface area (Å²) in [4.78, 5) is 26.4. The van der Waals surface area contributed by atoms with E-state index in [0.29, 0.717) is 42.8 Å². The van der Waals surface area contributed by atoms with E-state index >= 15 is 0 Å². The first-order valence-corrected chi connectivity index (χ1v) is 11.7. The smallest absolute Gasteiger partial charge is 0.381 e. The molecular formula is C27H26F3N3O3. The molecule has 1 saturated heterocycles. The molecule has 1 fully saturated rings. The number of hydrogen-bond acceptors (Lipinski definition) is 4. The predicted molar refractivity (Wildman–Crippen MR) is 127 cm³/mol. The Hall–Kier alpha value is -3.64. The lowest BCUT2D eigenvalue weighted by Crippen LogP contribution is -2.41. The monoisotopic (exact) mass is 497 g/mol. The zero-order valence-corrected chi connectivity index (χ0v) is 19.7. The van der Waals surface area contributed by atoms with Gasteiger partial charge in [-0.2, -0.15) is 18.4 Å². The Morgan fingerprint density at radius 2 is 1.81 bits per heavy atom. The number of benzene rings is 2. The molecular weight excluding hydrogens is 471 g/mol. The lowest BCUT2D eigenvalue weighted by molar-refractivity contribution is -0.137. The number of nitrogens with one attached hydrogen (secondary N) is 2. The second-order valence-corrected chi connectivity index (χ2v) is 9.43. The van der Waals surface area contributed by atoms with Crippen LogP contribution in [0.1, 0.15) is 55.3 Å². The molecule has 1 heterocycles. The summed E-state index contributed by atoms with van der Waals surface area (Å²) in [6.45, 7) is 3.09. The number of ether oxygens (including phenoxy) is 1. The van der Waals surface area contributed by atoms with Gasteiger partial charge in [0.05, 0.1) is 23.2 Å². The van der Waals surface area contributed by atoms with Gasteiger partial charge >= 0.3 is 12.2 Å². The molecule has 4 rings (SSSR count). The van der Waals surface area contributed by atoms with E-state index in [4.69, 9.17) is 10.00 Å². The molecule has 1 aliphatic heterocycles. The van der Waals surface area contributed by atoms with Crippen LogP contribution in [0.4, 0.5) is 23.7 Å². The molecule has 0 aromatic heterocycles. The normalized spacial score (nSPS) is 18.5. The average molecular weight is 498 g/mol. The van der Waals surface area contributed by atoms with Gasteiger partial charge in [-0.15, -0.1) is 0 Å². The molecule has 0 bridgehead atoms. The van der Waals surface area contributed by atoms with Gasteiger partial charge in [0.25, 0.3) is 0 Å². The van der Waals surface area contributed by atoms with Crippen LogP contribution in [0.2, 0.25) is 0 Å². The highest BCUT2D eigenvalue weighted by Gasteiger charge is 2.42. The molecule has 2 aromatic carbocycles. The van der Waals surface area contributed by atoms with E-state index in [2.05, 4.69) is 10.6 Å². The number of carbonyl (C=O) groups is 2. The Morgan fingerprint density at radius 1 is 1.11 bits per heavy atom. The number of allylic oxidation sites excluding steroid dienone is 1. The maximum Gasteiger partial charge on any atom is 0.416 e. The lowest BCUT2D eigenvalue weighted by Gasteiger charge is -2.42. The summed E-state index contributed by atoms with van der Waals surface area (Å²) in [6, 6.07) is 11.3. The second-order valence-electron chi connectivity index (χ2n) is 9.43. The van der Waals surface area contributed by atoms with Crippen molar-refractivity contribution >= 4 is 17.5 Å². The van der Waals surface area contributed by atoms with Gasteiger partial charge in [-0.05, 0) is 67.5 Å². The molecule has 188 valence electrons. The third-order valence-corrected chi connectivity index (χ3v) is 6.87. The number of urea groups is 1. The minimum Gasteiger partial charge on any atom is -0.381 e. The zero-order chi connectivity index (χ0) is 25.9. The predicted octanol–water partition coefficient (Wildman–Crippen LogP) is 5.92. The van der Waals surface area contributed by atoms with Crippen molar-refractivity contribution in [1.29, 1.82) is 5.26 Å². The number of alkyl halides is 3. The SMILES string of the molecule is CC1=C(C(NC(=O)Nc2cccc(C(F)(F)F)c2)c2ccc(C#N)cc2)C(=O)CC2(CCOCC2)C1. The van der Waals surface area contributed by atoms with Gasteiger partial charge in [0.1, 0.15) is 0 Å². The van der Waals surface area contributed by atoms with Crippen molar-refractivity contribution in [2.24, 2.45) is 5.41 Å². The van der Waals surface area contributed by atoms with Gasteiger partial charge in [0.15, 0.2) is 5.78 Å². The number of Topliss-reactive ketones (excluding diaryl/α,β-unsaturated/α-hetero) is 1. The van der Waals surface area contributed by atoms with Gasteiger partial charge in [-0.3, -0.25) is 4.79 Å². The van der Waals surface area contributed by atoms with Crippen molar-refractivity contribution in [3.63, 3.8) is 0 Å². The highest BCUT2D eigenvalue weighted by atomic mass is 19.4. The lowest BCUT2D eigenvalue weighted by atomic mass is 9.65. The first kappa shape index (κ1) is 25.5. The Labute approximate surface area is 207 Å². The number of ketones is 1. The first-order valence-electron chi connectivity index (χ1n) is 11.7. The van der Waals surface area contributed by atoms with Crippen LogP contribution < -0.4 is 10.6 Å². The number of rotatable bonds is 4. The molecule has 1 spiro atoms. The van der Waals surface area contributed by atoms with Crippen LogP contribution in [-0.2, 0) is 15.7 Å². The Balaban J connectivity index is 1.63. The number of amides is 2. The topological polar surface area (TPSA) is 91.2 Å². The maximum absolute atomic E-state index is 13.5. The van der Waals surface area contributed by atoms with Crippen molar-refractivity contribution in [2.45, 2.75) is 44.8 Å². The van der Waals surface area contributed by atoms with E-state index in [1.54, 1.807) is 24.3 Å². The molecule has 2 N–H and O–H groups in total. The minimum atomic E-state index is -4.55. The second kappa shape index (κ2) is 10.2. The van der Waals surface area contributed by atoms with E-state index < -0.39 is 23.8 Å². The largest absolute Gasteiger partial charge is 0.416 e. The number of nitriles is 1. The van der Waals surface area contributed by atoms with Gasteiger partial charge in [0, 0.05) is 30.9 Å². The quantitative estimate of drug-likeness (QED) is 0.549. The fourth-order valence-corrected chi connectivity index (χ4v) is 5.10. The number of nitrogens with zero attached hydrogens (tertiary/aromatic N) is 1. The molecule has 0 saturated carbocycles. The van der Waals surface area contributed by atoms with Crippen LogP contribution in [0.5, 0.6) is 0 Å². The van der Waals surface area contributed by atoms with Gasteiger partial charge < -0.3 is 15.4 Å². The Morgan fingerprint density at radius 3 is 2.42 bits per heavy atom. The minimum absolute atomic E-state index is 0.0252. The molecule has 36 heavy (non-hydrogen) atoms. The summed E-state index contributed by atoms with van der Waals surface area (Å²) >= 11 is 0. The summed E-state index contributed by atoms with van der Waals surface area (Å²) in [7, 11) is 0. The molecule has 1 aliphatic carbocycles. The van der Waals surface area contributed by atoms with Crippen LogP contribution >= 0.6 is 0 Å². The standard InChI is InChI=1S/C27H26F3N3O3/c1-17-14-26(9-11-36-12-10-26)15-22(34)23(17)24(19-7-5-18(16-31)6-8-19)33-25(35)32-21-4-2-3-20(13-21)27(28,29)30/h2-8,13,24H,9-12,14-15H2,1H3,(H2,32,33,35). The third kappa shape index (κ3) is 5.60. The number of hydrogen-bond donors (Lipinski definition) is 2. The van der Waals surface area contributed by atoms with E-state index in [1.807, 2.05) is 13.0 Å². The van der Waals surface area contributed by atoms with Crippen LogP contribution in [-0.4, -0.2) is 25.0 Å². The maximum atomic E-state index is 13.5. The number of carbonyl (C=O) groups excluding carboxylic acids is 2. The van der Waals surface area contributed by atoms with Crippen molar-refractivity contribution < 1.29 is 27.5 Å². The average Bonchev–Trinajstić information content (AvgIpc) is 2.83. The Bertz CT molecular complexity index is 1220. The third-order valence-electron chi connectivity index (χ3n) is 6.87. The highest BCUT2D eigenvalue weighted by Crippen LogP contribution is 2.47. The van der Waals surface area contributed by atoms with Crippen LogP contribution in [0.3, 0.4) is 0 Å². The number of halogens is 3. The molecule has 1 atom stereocenters.